The minimum absolute atomic E-state index is 0.545. The van der Waals surface area contributed by atoms with E-state index in [1.165, 1.54) is 56.3 Å². The molecule has 2 heteroatoms. The van der Waals surface area contributed by atoms with Crippen LogP contribution in [0.4, 0.5) is 5.69 Å². The standard InChI is InChI=1S/C18H28N2/c1-14-8-10-16(11-9-14)18(13-19)20-12-4-6-15-5-2-3-7-17(15)20/h2-3,5,7,14,16,18H,4,6,8-13,19H2,1H3. The summed E-state index contributed by atoms with van der Waals surface area (Å²) in [5.74, 6) is 1.71. The summed E-state index contributed by atoms with van der Waals surface area (Å²) in [4.78, 5) is 2.62. The molecule has 0 aromatic heterocycles. The second-order valence-electron chi connectivity index (χ2n) is 6.75. The fourth-order valence-electron chi connectivity index (χ4n) is 4.15. The van der Waals surface area contributed by atoms with Crippen LogP contribution in [0.15, 0.2) is 24.3 Å². The van der Waals surface area contributed by atoms with Crippen LogP contribution in [0.3, 0.4) is 0 Å². The number of nitrogens with zero attached hydrogens (tertiary/aromatic N) is 1. The van der Waals surface area contributed by atoms with Gasteiger partial charge < -0.3 is 10.6 Å². The van der Waals surface area contributed by atoms with Gasteiger partial charge in [0.05, 0.1) is 0 Å². The van der Waals surface area contributed by atoms with Crippen LogP contribution in [0.1, 0.15) is 44.6 Å². The molecule has 1 atom stereocenters. The smallest absolute Gasteiger partial charge is 0.0440 e. The molecule has 0 saturated heterocycles. The van der Waals surface area contributed by atoms with Crippen LogP contribution in [-0.2, 0) is 6.42 Å². The van der Waals surface area contributed by atoms with Crippen molar-refractivity contribution in [2.45, 2.75) is 51.5 Å². The summed E-state index contributed by atoms with van der Waals surface area (Å²) < 4.78 is 0. The third-order valence-corrected chi connectivity index (χ3v) is 5.39. The molecule has 20 heavy (non-hydrogen) atoms. The van der Waals surface area contributed by atoms with Gasteiger partial charge in [-0.25, -0.2) is 0 Å². The van der Waals surface area contributed by atoms with Crippen molar-refractivity contribution in [1.29, 1.82) is 0 Å². The summed E-state index contributed by atoms with van der Waals surface area (Å²) >= 11 is 0. The van der Waals surface area contributed by atoms with Gasteiger partial charge in [0.1, 0.15) is 0 Å². The Hall–Kier alpha value is -1.02. The van der Waals surface area contributed by atoms with Crippen molar-refractivity contribution in [3.8, 4) is 0 Å². The zero-order valence-electron chi connectivity index (χ0n) is 12.7. The molecular formula is C18H28N2. The Labute approximate surface area is 123 Å². The number of nitrogens with two attached hydrogens (primary N) is 1. The second-order valence-corrected chi connectivity index (χ2v) is 6.75. The van der Waals surface area contributed by atoms with Crippen LogP contribution in [0, 0.1) is 11.8 Å². The lowest BCUT2D eigenvalue weighted by Crippen LogP contribution is -2.48. The second kappa shape index (κ2) is 6.17. The van der Waals surface area contributed by atoms with Crippen LogP contribution in [0.5, 0.6) is 0 Å². The van der Waals surface area contributed by atoms with Gasteiger partial charge in [0, 0.05) is 24.8 Å². The fraction of sp³-hybridized carbons (Fsp3) is 0.667. The molecule has 1 aromatic carbocycles. The van der Waals surface area contributed by atoms with Gasteiger partial charge in [-0.05, 0) is 49.1 Å². The van der Waals surface area contributed by atoms with Gasteiger partial charge in [-0.3, -0.25) is 0 Å². The van der Waals surface area contributed by atoms with Crippen LogP contribution in [-0.4, -0.2) is 19.1 Å². The van der Waals surface area contributed by atoms with E-state index in [-0.39, 0.29) is 0 Å². The van der Waals surface area contributed by atoms with Gasteiger partial charge in [0.25, 0.3) is 0 Å². The first kappa shape index (κ1) is 13.9. The first-order chi connectivity index (χ1) is 9.79. The number of benzene rings is 1. The van der Waals surface area contributed by atoms with E-state index in [4.69, 9.17) is 5.73 Å². The maximum Gasteiger partial charge on any atom is 0.0440 e. The van der Waals surface area contributed by atoms with Crippen LogP contribution < -0.4 is 10.6 Å². The molecule has 1 aromatic rings. The minimum atomic E-state index is 0.545. The molecule has 0 spiro atoms. The molecule has 1 aliphatic heterocycles. The average molecular weight is 272 g/mol. The zero-order chi connectivity index (χ0) is 13.9. The summed E-state index contributed by atoms with van der Waals surface area (Å²) in [5.41, 5.74) is 9.15. The summed E-state index contributed by atoms with van der Waals surface area (Å²) in [6.07, 6.45) is 8.00. The molecule has 1 unspecified atom stereocenters. The van der Waals surface area contributed by atoms with E-state index in [1.807, 2.05) is 0 Å². The van der Waals surface area contributed by atoms with Gasteiger partial charge in [0.2, 0.25) is 0 Å². The largest absolute Gasteiger partial charge is 0.367 e. The Morgan fingerprint density at radius 1 is 1.20 bits per heavy atom. The van der Waals surface area contributed by atoms with Crippen LogP contribution in [0.25, 0.3) is 0 Å². The van der Waals surface area contributed by atoms with Gasteiger partial charge in [-0.15, -0.1) is 0 Å². The highest BCUT2D eigenvalue weighted by atomic mass is 15.2. The van der Waals surface area contributed by atoms with Crippen molar-refractivity contribution in [3.05, 3.63) is 29.8 Å². The number of anilines is 1. The highest BCUT2D eigenvalue weighted by Gasteiger charge is 2.31. The van der Waals surface area contributed by atoms with E-state index < -0.39 is 0 Å². The molecule has 1 aliphatic carbocycles. The summed E-state index contributed by atoms with van der Waals surface area (Å²) in [7, 11) is 0. The third-order valence-electron chi connectivity index (χ3n) is 5.39. The molecule has 1 fully saturated rings. The lowest BCUT2D eigenvalue weighted by molar-refractivity contribution is 0.248. The summed E-state index contributed by atoms with van der Waals surface area (Å²) in [6.45, 7) is 4.38. The quantitative estimate of drug-likeness (QED) is 0.911. The van der Waals surface area contributed by atoms with Gasteiger partial charge >= 0.3 is 0 Å². The zero-order valence-corrected chi connectivity index (χ0v) is 12.7. The molecule has 3 rings (SSSR count). The van der Waals surface area contributed by atoms with Crippen molar-refractivity contribution in [2.24, 2.45) is 17.6 Å². The van der Waals surface area contributed by atoms with Crippen molar-refractivity contribution < 1.29 is 0 Å². The number of para-hydroxylation sites is 1. The molecule has 0 radical (unpaired) electrons. The van der Waals surface area contributed by atoms with E-state index in [9.17, 15) is 0 Å². The maximum absolute atomic E-state index is 6.18. The molecule has 0 bridgehead atoms. The highest BCUT2D eigenvalue weighted by molar-refractivity contribution is 5.56. The summed E-state index contributed by atoms with van der Waals surface area (Å²) in [5, 5.41) is 0. The van der Waals surface area contributed by atoms with Gasteiger partial charge in [-0.1, -0.05) is 38.0 Å². The van der Waals surface area contributed by atoms with E-state index >= 15 is 0 Å². The molecule has 2 nitrogen and oxygen atoms in total. The van der Waals surface area contributed by atoms with Gasteiger partial charge in [0.15, 0.2) is 0 Å². The number of hydrogen-bond acceptors (Lipinski definition) is 2. The number of fused-ring (bicyclic) bond motifs is 1. The summed E-state index contributed by atoms with van der Waals surface area (Å²) in [6, 6.07) is 9.47. The molecule has 2 N–H and O–H groups in total. The van der Waals surface area contributed by atoms with E-state index in [1.54, 1.807) is 0 Å². The topological polar surface area (TPSA) is 29.3 Å². The van der Waals surface area contributed by atoms with Gasteiger partial charge in [-0.2, -0.15) is 0 Å². The van der Waals surface area contributed by atoms with Crippen molar-refractivity contribution in [2.75, 3.05) is 18.0 Å². The van der Waals surface area contributed by atoms with E-state index in [2.05, 4.69) is 36.1 Å². The Bertz CT molecular complexity index is 435. The minimum Gasteiger partial charge on any atom is -0.367 e. The Balaban J connectivity index is 1.80. The first-order valence-corrected chi connectivity index (χ1v) is 8.34. The van der Waals surface area contributed by atoms with Crippen molar-refractivity contribution in [3.63, 3.8) is 0 Å². The number of rotatable bonds is 3. The molecule has 1 saturated carbocycles. The Morgan fingerprint density at radius 3 is 2.70 bits per heavy atom. The SMILES string of the molecule is CC1CCC(C(CN)N2CCCc3ccccc32)CC1. The molecule has 110 valence electrons. The lowest BCUT2D eigenvalue weighted by atomic mass is 9.78. The lowest BCUT2D eigenvalue weighted by Gasteiger charge is -2.43. The molecular weight excluding hydrogens is 244 g/mol. The fourth-order valence-corrected chi connectivity index (χ4v) is 4.15. The Kier molecular flexibility index (Phi) is 4.30. The maximum atomic E-state index is 6.18. The molecule has 2 aliphatic rings. The van der Waals surface area contributed by atoms with Crippen molar-refractivity contribution in [1.82, 2.24) is 0 Å². The van der Waals surface area contributed by atoms with Crippen molar-refractivity contribution >= 4 is 5.69 Å². The predicted molar refractivity (Wildman–Crippen MR) is 86.1 cm³/mol. The monoisotopic (exact) mass is 272 g/mol. The average Bonchev–Trinajstić information content (AvgIpc) is 2.50. The Morgan fingerprint density at radius 2 is 1.95 bits per heavy atom. The highest BCUT2D eigenvalue weighted by Crippen LogP contribution is 2.36. The van der Waals surface area contributed by atoms with E-state index in [0.29, 0.717) is 6.04 Å². The van der Waals surface area contributed by atoms with E-state index in [0.717, 1.165) is 18.4 Å². The normalized spacial score (nSPS) is 28.0. The third kappa shape index (κ3) is 2.71. The van der Waals surface area contributed by atoms with Crippen LogP contribution in [0.2, 0.25) is 0 Å². The number of hydrogen-bond donors (Lipinski definition) is 1. The number of aryl methyl sites for hydroxylation is 1. The first-order valence-electron chi connectivity index (χ1n) is 8.34. The molecule has 1 heterocycles. The predicted octanol–water partition coefficient (Wildman–Crippen LogP) is 3.59. The van der Waals surface area contributed by atoms with Crippen LogP contribution >= 0.6 is 0 Å². The molecule has 0 amide bonds.